The Labute approximate surface area is 160 Å². The molecule has 0 aliphatic carbocycles. The SMILES string of the molecule is CCC(NS(=O)(=O)c1ccc(Oc2ccccc2)cc1)c1ccc(C)cc1. The highest BCUT2D eigenvalue weighted by molar-refractivity contribution is 7.89. The molecular weight excluding hydrogens is 358 g/mol. The summed E-state index contributed by atoms with van der Waals surface area (Å²) >= 11 is 0. The van der Waals surface area contributed by atoms with Gasteiger partial charge in [-0.05, 0) is 55.3 Å². The van der Waals surface area contributed by atoms with Crippen LogP contribution < -0.4 is 9.46 Å². The summed E-state index contributed by atoms with van der Waals surface area (Å²) in [5.74, 6) is 1.29. The second kappa shape index (κ2) is 8.37. The fraction of sp³-hybridized carbons (Fsp3) is 0.182. The highest BCUT2D eigenvalue weighted by atomic mass is 32.2. The first-order valence-electron chi connectivity index (χ1n) is 8.90. The molecule has 27 heavy (non-hydrogen) atoms. The maximum atomic E-state index is 12.8. The Balaban J connectivity index is 1.74. The monoisotopic (exact) mass is 381 g/mol. The Hall–Kier alpha value is -2.63. The van der Waals surface area contributed by atoms with Crippen molar-refractivity contribution < 1.29 is 13.2 Å². The first-order chi connectivity index (χ1) is 13.0. The van der Waals surface area contributed by atoms with E-state index in [1.807, 2.05) is 68.4 Å². The smallest absolute Gasteiger partial charge is 0.241 e. The summed E-state index contributed by atoms with van der Waals surface area (Å²) in [4.78, 5) is 0.216. The van der Waals surface area contributed by atoms with Gasteiger partial charge in [0.2, 0.25) is 10.0 Å². The van der Waals surface area contributed by atoms with Gasteiger partial charge in [-0.25, -0.2) is 13.1 Å². The van der Waals surface area contributed by atoms with Gasteiger partial charge >= 0.3 is 0 Å². The standard InChI is InChI=1S/C22H23NO3S/c1-3-22(18-11-9-17(2)10-12-18)23-27(24,25)21-15-13-20(14-16-21)26-19-7-5-4-6-8-19/h4-16,22-23H,3H2,1-2H3. The molecule has 0 fully saturated rings. The summed E-state index contributed by atoms with van der Waals surface area (Å²) in [5, 5.41) is 0. The lowest BCUT2D eigenvalue weighted by Crippen LogP contribution is -2.28. The van der Waals surface area contributed by atoms with E-state index in [-0.39, 0.29) is 10.9 Å². The largest absolute Gasteiger partial charge is 0.457 e. The minimum Gasteiger partial charge on any atom is -0.457 e. The Bertz CT molecular complexity index is 966. The van der Waals surface area contributed by atoms with Gasteiger partial charge < -0.3 is 4.74 Å². The minimum absolute atomic E-state index is 0.216. The van der Waals surface area contributed by atoms with Gasteiger partial charge in [0.25, 0.3) is 0 Å². The zero-order valence-electron chi connectivity index (χ0n) is 15.4. The molecule has 1 unspecified atom stereocenters. The molecule has 0 heterocycles. The van der Waals surface area contributed by atoms with E-state index in [1.165, 1.54) is 0 Å². The van der Waals surface area contributed by atoms with Crippen LogP contribution in [0.3, 0.4) is 0 Å². The topological polar surface area (TPSA) is 55.4 Å². The summed E-state index contributed by atoms with van der Waals surface area (Å²) in [7, 11) is -3.63. The fourth-order valence-corrected chi connectivity index (χ4v) is 4.06. The van der Waals surface area contributed by atoms with E-state index < -0.39 is 10.0 Å². The van der Waals surface area contributed by atoms with E-state index >= 15 is 0 Å². The van der Waals surface area contributed by atoms with Crippen LogP contribution >= 0.6 is 0 Å². The van der Waals surface area contributed by atoms with Crippen molar-refractivity contribution >= 4 is 10.0 Å². The van der Waals surface area contributed by atoms with Crippen molar-refractivity contribution in [2.24, 2.45) is 0 Å². The molecule has 140 valence electrons. The van der Waals surface area contributed by atoms with Crippen molar-refractivity contribution in [3.63, 3.8) is 0 Å². The number of ether oxygens (including phenoxy) is 1. The van der Waals surface area contributed by atoms with Gasteiger partial charge in [-0.1, -0.05) is 55.0 Å². The van der Waals surface area contributed by atoms with Crippen molar-refractivity contribution in [1.82, 2.24) is 4.72 Å². The van der Waals surface area contributed by atoms with Crippen LogP contribution in [0.15, 0.2) is 83.8 Å². The van der Waals surface area contributed by atoms with Crippen LogP contribution in [0.25, 0.3) is 0 Å². The Morgan fingerprint density at radius 3 is 2.04 bits per heavy atom. The molecule has 0 saturated carbocycles. The molecule has 0 aliphatic rings. The molecular formula is C22H23NO3S. The average Bonchev–Trinajstić information content (AvgIpc) is 2.68. The molecule has 1 atom stereocenters. The molecule has 0 radical (unpaired) electrons. The molecule has 1 N–H and O–H groups in total. The average molecular weight is 381 g/mol. The molecule has 3 aromatic carbocycles. The second-order valence-corrected chi connectivity index (χ2v) is 8.09. The van der Waals surface area contributed by atoms with E-state index in [2.05, 4.69) is 4.72 Å². The lowest BCUT2D eigenvalue weighted by atomic mass is 10.0. The number of sulfonamides is 1. The van der Waals surface area contributed by atoms with E-state index in [1.54, 1.807) is 24.3 Å². The number of rotatable bonds is 7. The summed E-state index contributed by atoms with van der Waals surface area (Å²) < 4.78 is 34.0. The zero-order valence-corrected chi connectivity index (χ0v) is 16.2. The van der Waals surface area contributed by atoms with Crippen molar-refractivity contribution in [1.29, 1.82) is 0 Å². The Morgan fingerprint density at radius 1 is 0.852 bits per heavy atom. The third-order valence-corrected chi connectivity index (χ3v) is 5.79. The van der Waals surface area contributed by atoms with Crippen LogP contribution in [0.4, 0.5) is 0 Å². The Morgan fingerprint density at radius 2 is 1.44 bits per heavy atom. The second-order valence-electron chi connectivity index (χ2n) is 6.38. The normalized spacial score (nSPS) is 12.5. The maximum absolute atomic E-state index is 12.8. The molecule has 3 rings (SSSR count). The zero-order chi connectivity index (χ0) is 19.3. The van der Waals surface area contributed by atoms with Crippen molar-refractivity contribution in [3.05, 3.63) is 90.0 Å². The van der Waals surface area contributed by atoms with E-state index in [0.717, 1.165) is 11.1 Å². The summed E-state index contributed by atoms with van der Waals surface area (Å²) in [5.41, 5.74) is 2.10. The lowest BCUT2D eigenvalue weighted by molar-refractivity contribution is 0.482. The Kier molecular flexibility index (Phi) is 5.94. The van der Waals surface area contributed by atoms with Crippen LogP contribution in [-0.4, -0.2) is 8.42 Å². The van der Waals surface area contributed by atoms with Crippen LogP contribution in [-0.2, 0) is 10.0 Å². The van der Waals surface area contributed by atoms with Crippen LogP contribution in [0.1, 0.15) is 30.5 Å². The van der Waals surface area contributed by atoms with Gasteiger partial charge in [0.05, 0.1) is 4.90 Å². The van der Waals surface area contributed by atoms with Crippen molar-refractivity contribution in [3.8, 4) is 11.5 Å². The van der Waals surface area contributed by atoms with Gasteiger partial charge in [0.1, 0.15) is 11.5 Å². The van der Waals surface area contributed by atoms with Crippen molar-refractivity contribution in [2.75, 3.05) is 0 Å². The van der Waals surface area contributed by atoms with Gasteiger partial charge in [-0.3, -0.25) is 0 Å². The number of benzene rings is 3. The molecule has 0 spiro atoms. The maximum Gasteiger partial charge on any atom is 0.241 e. The summed E-state index contributed by atoms with van der Waals surface area (Å²) in [6.45, 7) is 3.97. The molecule has 0 aliphatic heterocycles. The number of nitrogens with one attached hydrogen (secondary N) is 1. The quantitative estimate of drug-likeness (QED) is 0.611. The molecule has 0 bridgehead atoms. The van der Waals surface area contributed by atoms with Gasteiger partial charge in [-0.2, -0.15) is 0 Å². The number of hydrogen-bond donors (Lipinski definition) is 1. The van der Waals surface area contributed by atoms with Gasteiger partial charge in [0.15, 0.2) is 0 Å². The number of hydrogen-bond acceptors (Lipinski definition) is 3. The highest BCUT2D eigenvalue weighted by Gasteiger charge is 2.20. The first-order valence-corrected chi connectivity index (χ1v) is 10.4. The third kappa shape index (κ3) is 4.96. The molecule has 4 nitrogen and oxygen atoms in total. The van der Waals surface area contributed by atoms with E-state index in [9.17, 15) is 8.42 Å². The molecule has 5 heteroatoms. The van der Waals surface area contributed by atoms with Gasteiger partial charge in [-0.15, -0.1) is 0 Å². The van der Waals surface area contributed by atoms with Crippen LogP contribution in [0.5, 0.6) is 11.5 Å². The lowest BCUT2D eigenvalue weighted by Gasteiger charge is -2.18. The molecule has 0 aromatic heterocycles. The molecule has 0 amide bonds. The number of aryl methyl sites for hydroxylation is 1. The van der Waals surface area contributed by atoms with Gasteiger partial charge in [0, 0.05) is 6.04 Å². The van der Waals surface area contributed by atoms with Crippen LogP contribution in [0.2, 0.25) is 0 Å². The molecule has 3 aromatic rings. The number of para-hydroxylation sites is 1. The predicted octanol–water partition coefficient (Wildman–Crippen LogP) is 5.22. The van der Waals surface area contributed by atoms with E-state index in [4.69, 9.17) is 4.74 Å². The van der Waals surface area contributed by atoms with Crippen molar-refractivity contribution in [2.45, 2.75) is 31.2 Å². The minimum atomic E-state index is -3.63. The first kappa shape index (κ1) is 19.1. The third-order valence-electron chi connectivity index (χ3n) is 4.30. The molecule has 0 saturated heterocycles. The predicted molar refractivity (Wildman–Crippen MR) is 107 cm³/mol. The fourth-order valence-electron chi connectivity index (χ4n) is 2.75. The summed E-state index contributed by atoms with van der Waals surface area (Å²) in [6, 6.07) is 23.4. The highest BCUT2D eigenvalue weighted by Crippen LogP contribution is 2.24. The van der Waals surface area contributed by atoms with E-state index in [0.29, 0.717) is 17.9 Å². The summed E-state index contributed by atoms with van der Waals surface area (Å²) in [6.07, 6.45) is 0.664. The van der Waals surface area contributed by atoms with Crippen LogP contribution in [0, 0.1) is 6.92 Å².